The average molecular weight is 261 g/mol. The predicted molar refractivity (Wildman–Crippen MR) is 68.0 cm³/mol. The molecule has 0 amide bonds. The second kappa shape index (κ2) is 5.25. The van der Waals surface area contributed by atoms with E-state index in [1.165, 1.54) is 12.1 Å². The van der Waals surface area contributed by atoms with E-state index < -0.39 is 4.92 Å². The van der Waals surface area contributed by atoms with Gasteiger partial charge in [-0.2, -0.15) is 5.10 Å². The number of nitro benzene ring substituents is 1. The number of rotatable bonds is 4. The highest BCUT2D eigenvalue weighted by Crippen LogP contribution is 2.15. The molecule has 0 atom stereocenters. The Labute approximate surface area is 108 Å². The third-order valence-electron chi connectivity index (χ3n) is 2.43. The molecule has 98 valence electrons. The molecule has 0 aliphatic rings. The van der Waals surface area contributed by atoms with Crippen LogP contribution in [0.5, 0.6) is 0 Å². The van der Waals surface area contributed by atoms with Crippen LogP contribution in [0.1, 0.15) is 18.3 Å². The summed E-state index contributed by atoms with van der Waals surface area (Å²) in [6.45, 7) is 3.52. The van der Waals surface area contributed by atoms with Crippen LogP contribution in [-0.2, 0) is 0 Å². The monoisotopic (exact) mass is 261 g/mol. The molecule has 0 spiro atoms. The molecule has 0 saturated carbocycles. The van der Waals surface area contributed by atoms with Crippen molar-refractivity contribution < 1.29 is 9.55 Å². The molecule has 0 radical (unpaired) electrons. The van der Waals surface area contributed by atoms with Crippen LogP contribution >= 0.6 is 0 Å². The third kappa shape index (κ3) is 2.92. The number of hydrogen-bond donors (Lipinski definition) is 1. The van der Waals surface area contributed by atoms with Gasteiger partial charge in [0.25, 0.3) is 5.69 Å². The lowest BCUT2D eigenvalue weighted by molar-refractivity contribution is -0.384. The zero-order valence-electron chi connectivity index (χ0n) is 10.3. The van der Waals surface area contributed by atoms with Crippen LogP contribution in [0.2, 0.25) is 0 Å². The summed E-state index contributed by atoms with van der Waals surface area (Å²) < 4.78 is 4.58. The quantitative estimate of drug-likeness (QED) is 0.513. The van der Waals surface area contributed by atoms with Crippen molar-refractivity contribution in [3.8, 4) is 0 Å². The zero-order chi connectivity index (χ0) is 13.8. The first kappa shape index (κ1) is 12.7. The zero-order valence-corrected chi connectivity index (χ0v) is 10.3. The van der Waals surface area contributed by atoms with Crippen LogP contribution in [-0.4, -0.2) is 20.9 Å². The van der Waals surface area contributed by atoms with Crippen LogP contribution in [0, 0.1) is 17.0 Å². The lowest BCUT2D eigenvalue weighted by Crippen LogP contribution is -2.02. The highest BCUT2D eigenvalue weighted by atomic mass is 16.6. The first-order valence-electron chi connectivity index (χ1n) is 5.42. The number of non-ortho nitro benzene ring substituents is 1. The number of aryl methyl sites for hydroxylation is 1. The molecule has 0 aliphatic carbocycles. The van der Waals surface area contributed by atoms with Gasteiger partial charge in [-0.25, -0.2) is 4.63 Å². The smallest absolute Gasteiger partial charge is 0.269 e. The van der Waals surface area contributed by atoms with Crippen molar-refractivity contribution in [2.75, 3.05) is 5.43 Å². The lowest BCUT2D eigenvalue weighted by Gasteiger charge is -2.01. The maximum Gasteiger partial charge on any atom is 0.269 e. The molecule has 1 aromatic carbocycles. The molecule has 8 heteroatoms. The van der Waals surface area contributed by atoms with Crippen molar-refractivity contribution in [2.45, 2.75) is 13.8 Å². The van der Waals surface area contributed by atoms with E-state index in [9.17, 15) is 10.1 Å². The molecule has 0 bridgehead atoms. The number of nitro groups is 1. The summed E-state index contributed by atoms with van der Waals surface area (Å²) in [6, 6.07) is 5.94. The lowest BCUT2D eigenvalue weighted by atomic mass is 10.2. The summed E-state index contributed by atoms with van der Waals surface area (Å²) in [5.74, 6) is 0. The van der Waals surface area contributed by atoms with E-state index in [1.54, 1.807) is 26.0 Å². The molecule has 1 aromatic heterocycles. The molecule has 0 saturated heterocycles. The average Bonchev–Trinajstić information content (AvgIpc) is 2.83. The molecule has 1 heterocycles. The van der Waals surface area contributed by atoms with Crippen LogP contribution < -0.4 is 5.43 Å². The van der Waals surface area contributed by atoms with E-state index in [-0.39, 0.29) is 5.69 Å². The number of hydrogen-bond acceptors (Lipinski definition) is 7. The number of benzene rings is 1. The summed E-state index contributed by atoms with van der Waals surface area (Å²) in [4.78, 5) is 10.0. The first-order chi connectivity index (χ1) is 9.08. The van der Waals surface area contributed by atoms with Gasteiger partial charge in [0.1, 0.15) is 5.69 Å². The SMILES string of the molecule is C/C(=N/Nc1ccc([N+](=O)[O-])cc1)c1nonc1C. The van der Waals surface area contributed by atoms with Crippen molar-refractivity contribution >= 4 is 17.1 Å². The van der Waals surface area contributed by atoms with Gasteiger partial charge in [0.15, 0.2) is 5.69 Å². The van der Waals surface area contributed by atoms with E-state index in [0.29, 0.717) is 22.8 Å². The Morgan fingerprint density at radius 3 is 2.58 bits per heavy atom. The normalized spacial score (nSPS) is 11.4. The molecule has 2 rings (SSSR count). The van der Waals surface area contributed by atoms with Gasteiger partial charge in [0.05, 0.1) is 16.3 Å². The van der Waals surface area contributed by atoms with Crippen molar-refractivity contribution in [1.82, 2.24) is 10.3 Å². The fourth-order valence-corrected chi connectivity index (χ4v) is 1.42. The molecular weight excluding hydrogens is 250 g/mol. The van der Waals surface area contributed by atoms with Gasteiger partial charge in [-0.3, -0.25) is 15.5 Å². The topological polar surface area (TPSA) is 106 Å². The molecule has 0 fully saturated rings. The standard InChI is InChI=1S/C11H11N5O3/c1-7(11-8(2)14-19-15-11)12-13-9-3-5-10(6-4-9)16(17)18/h3-6,13H,1-2H3/b12-7-. The Morgan fingerprint density at radius 2 is 2.05 bits per heavy atom. The Balaban J connectivity index is 2.10. The Hall–Kier alpha value is -2.77. The van der Waals surface area contributed by atoms with Gasteiger partial charge in [-0.15, -0.1) is 0 Å². The van der Waals surface area contributed by atoms with Gasteiger partial charge >= 0.3 is 0 Å². The van der Waals surface area contributed by atoms with Gasteiger partial charge < -0.3 is 0 Å². The van der Waals surface area contributed by atoms with E-state index >= 15 is 0 Å². The van der Waals surface area contributed by atoms with Crippen LogP contribution in [0.4, 0.5) is 11.4 Å². The number of nitrogens with zero attached hydrogens (tertiary/aromatic N) is 4. The maximum absolute atomic E-state index is 10.5. The highest BCUT2D eigenvalue weighted by Gasteiger charge is 2.08. The van der Waals surface area contributed by atoms with Gasteiger partial charge in [0.2, 0.25) is 0 Å². The molecule has 2 aromatic rings. The summed E-state index contributed by atoms with van der Waals surface area (Å²) in [5, 5.41) is 22.0. The van der Waals surface area contributed by atoms with Crippen LogP contribution in [0.3, 0.4) is 0 Å². The van der Waals surface area contributed by atoms with E-state index in [4.69, 9.17) is 0 Å². The molecular formula is C11H11N5O3. The van der Waals surface area contributed by atoms with E-state index in [2.05, 4.69) is 25.5 Å². The number of aromatic nitrogens is 2. The van der Waals surface area contributed by atoms with Gasteiger partial charge in [-0.05, 0) is 31.1 Å². The van der Waals surface area contributed by atoms with Crippen LogP contribution in [0.15, 0.2) is 34.0 Å². The Kier molecular flexibility index (Phi) is 3.51. The second-order valence-electron chi connectivity index (χ2n) is 3.81. The van der Waals surface area contributed by atoms with E-state index in [1.807, 2.05) is 0 Å². The fourth-order valence-electron chi connectivity index (χ4n) is 1.42. The summed E-state index contributed by atoms with van der Waals surface area (Å²) >= 11 is 0. The third-order valence-corrected chi connectivity index (χ3v) is 2.43. The molecule has 19 heavy (non-hydrogen) atoms. The van der Waals surface area contributed by atoms with E-state index in [0.717, 1.165) is 0 Å². The fraction of sp³-hybridized carbons (Fsp3) is 0.182. The Bertz CT molecular complexity index is 618. The van der Waals surface area contributed by atoms with Gasteiger partial charge in [0, 0.05) is 12.1 Å². The molecule has 0 unspecified atom stereocenters. The summed E-state index contributed by atoms with van der Waals surface area (Å²) in [6.07, 6.45) is 0. The number of hydrazone groups is 1. The molecule has 0 aliphatic heterocycles. The summed E-state index contributed by atoms with van der Waals surface area (Å²) in [5.41, 5.74) is 5.27. The molecule has 1 N–H and O–H groups in total. The Morgan fingerprint density at radius 1 is 1.37 bits per heavy atom. The summed E-state index contributed by atoms with van der Waals surface area (Å²) in [7, 11) is 0. The largest absolute Gasteiger partial charge is 0.278 e. The van der Waals surface area contributed by atoms with Gasteiger partial charge in [-0.1, -0.05) is 5.16 Å². The van der Waals surface area contributed by atoms with Crippen molar-refractivity contribution in [1.29, 1.82) is 0 Å². The minimum Gasteiger partial charge on any atom is -0.278 e. The number of anilines is 1. The first-order valence-corrected chi connectivity index (χ1v) is 5.42. The van der Waals surface area contributed by atoms with Crippen molar-refractivity contribution in [3.05, 3.63) is 45.8 Å². The molecule has 8 nitrogen and oxygen atoms in total. The minimum atomic E-state index is -0.456. The maximum atomic E-state index is 10.5. The van der Waals surface area contributed by atoms with Crippen molar-refractivity contribution in [3.63, 3.8) is 0 Å². The second-order valence-corrected chi connectivity index (χ2v) is 3.81. The predicted octanol–water partition coefficient (Wildman–Crippen LogP) is 2.12. The highest BCUT2D eigenvalue weighted by molar-refractivity contribution is 5.98. The van der Waals surface area contributed by atoms with Crippen molar-refractivity contribution in [2.24, 2.45) is 5.10 Å². The van der Waals surface area contributed by atoms with Crippen LogP contribution in [0.25, 0.3) is 0 Å². The minimum absolute atomic E-state index is 0.0304. The number of nitrogens with one attached hydrogen (secondary N) is 1.